The molecule has 0 saturated heterocycles. The van der Waals surface area contributed by atoms with Crippen LogP contribution >= 0.6 is 44.1 Å². The molecule has 0 spiro atoms. The summed E-state index contributed by atoms with van der Waals surface area (Å²) in [6.45, 7) is 1.10. The van der Waals surface area contributed by atoms with Crippen LogP contribution in [0.2, 0.25) is 0 Å². The maximum atomic E-state index is 10.5. The number of nitrogens with one attached hydrogen (secondary N) is 1. The van der Waals surface area contributed by atoms with Crippen LogP contribution in [-0.4, -0.2) is 15.1 Å². The molecule has 0 amide bonds. The van der Waals surface area contributed by atoms with Crippen LogP contribution in [0.4, 0.5) is 5.69 Å². The molecule has 138 valence electrons. The second kappa shape index (κ2) is 9.35. The van der Waals surface area contributed by atoms with Crippen molar-refractivity contribution in [1.82, 2.24) is 4.90 Å². The van der Waals surface area contributed by atoms with Crippen LogP contribution in [0.3, 0.4) is 0 Å². The van der Waals surface area contributed by atoms with Gasteiger partial charge in [-0.1, -0.05) is 64.5 Å². The van der Waals surface area contributed by atoms with E-state index >= 15 is 0 Å². The van der Waals surface area contributed by atoms with Gasteiger partial charge in [-0.25, -0.2) is 0 Å². The Balaban J connectivity index is 1.86. The van der Waals surface area contributed by atoms with Crippen molar-refractivity contribution in [3.05, 3.63) is 92.9 Å². The van der Waals surface area contributed by atoms with E-state index in [-0.39, 0.29) is 5.75 Å². The molecule has 0 saturated carbocycles. The van der Waals surface area contributed by atoms with Gasteiger partial charge in [-0.3, -0.25) is 0 Å². The van der Waals surface area contributed by atoms with Gasteiger partial charge in [0.2, 0.25) is 0 Å². The zero-order chi connectivity index (χ0) is 19.2. The van der Waals surface area contributed by atoms with Gasteiger partial charge in [-0.2, -0.15) is 0 Å². The minimum atomic E-state index is 0.221. The van der Waals surface area contributed by atoms with Crippen LogP contribution in [0.5, 0.6) is 5.75 Å². The van der Waals surface area contributed by atoms with E-state index < -0.39 is 0 Å². The Morgan fingerprint density at radius 2 is 1.56 bits per heavy atom. The molecule has 0 radical (unpaired) electrons. The first kappa shape index (κ1) is 19.9. The summed E-state index contributed by atoms with van der Waals surface area (Å²) in [7, 11) is 0. The Morgan fingerprint density at radius 3 is 2.22 bits per heavy atom. The smallest absolute Gasteiger partial charge is 0.174 e. The van der Waals surface area contributed by atoms with E-state index in [1.807, 2.05) is 65.6 Å². The number of rotatable bonds is 5. The van der Waals surface area contributed by atoms with Gasteiger partial charge in [0.15, 0.2) is 5.11 Å². The highest BCUT2D eigenvalue weighted by Gasteiger charge is 2.16. The van der Waals surface area contributed by atoms with Gasteiger partial charge in [-0.15, -0.1) is 0 Å². The third-order valence-corrected chi connectivity index (χ3v) is 5.42. The van der Waals surface area contributed by atoms with Crippen LogP contribution in [0.15, 0.2) is 81.7 Å². The molecule has 0 unspecified atom stereocenters. The standard InChI is InChI=1S/C21H18Br2N2OS/c22-17-11-16(20(26)19(23)12-17)14-25(13-15-7-3-1-4-8-15)21(27)24-18-9-5-2-6-10-18/h1-12,26H,13-14H2,(H,24,27). The van der Waals surface area contributed by atoms with Crippen molar-refractivity contribution in [1.29, 1.82) is 0 Å². The maximum Gasteiger partial charge on any atom is 0.174 e. The second-order valence-corrected chi connectivity index (χ2v) is 8.19. The Morgan fingerprint density at radius 1 is 0.926 bits per heavy atom. The molecule has 2 N–H and O–H groups in total. The lowest BCUT2D eigenvalue weighted by Gasteiger charge is -2.27. The zero-order valence-corrected chi connectivity index (χ0v) is 18.4. The number of halogens is 2. The van der Waals surface area contributed by atoms with E-state index in [2.05, 4.69) is 49.3 Å². The van der Waals surface area contributed by atoms with E-state index in [1.165, 1.54) is 0 Å². The molecule has 0 heterocycles. The Kier molecular flexibility index (Phi) is 6.88. The van der Waals surface area contributed by atoms with Crippen molar-refractivity contribution in [2.75, 3.05) is 5.32 Å². The molecule has 0 aromatic heterocycles. The van der Waals surface area contributed by atoms with Crippen molar-refractivity contribution < 1.29 is 5.11 Å². The van der Waals surface area contributed by atoms with Gasteiger partial charge in [0.25, 0.3) is 0 Å². The molecular formula is C21H18Br2N2OS. The summed E-state index contributed by atoms with van der Waals surface area (Å²) >= 11 is 12.6. The number of phenols is 1. The zero-order valence-electron chi connectivity index (χ0n) is 14.4. The Hall–Kier alpha value is -1.89. The number of thiocarbonyl (C=S) groups is 1. The van der Waals surface area contributed by atoms with E-state index in [0.717, 1.165) is 21.3 Å². The Labute approximate surface area is 181 Å². The molecule has 27 heavy (non-hydrogen) atoms. The lowest BCUT2D eigenvalue weighted by Crippen LogP contribution is -2.33. The van der Waals surface area contributed by atoms with Crippen molar-refractivity contribution in [2.45, 2.75) is 13.1 Å². The number of benzene rings is 3. The average molecular weight is 506 g/mol. The third-order valence-electron chi connectivity index (χ3n) is 4.00. The molecule has 0 atom stereocenters. The topological polar surface area (TPSA) is 35.5 Å². The van der Waals surface area contributed by atoms with Gasteiger partial charge in [0, 0.05) is 28.8 Å². The minimum Gasteiger partial charge on any atom is -0.506 e. The second-order valence-electron chi connectivity index (χ2n) is 6.03. The highest BCUT2D eigenvalue weighted by molar-refractivity contribution is 9.11. The highest BCUT2D eigenvalue weighted by Crippen LogP contribution is 2.32. The fourth-order valence-electron chi connectivity index (χ4n) is 2.67. The van der Waals surface area contributed by atoms with Crippen molar-refractivity contribution in [3.8, 4) is 5.75 Å². The average Bonchev–Trinajstić information content (AvgIpc) is 2.66. The van der Waals surface area contributed by atoms with E-state index in [0.29, 0.717) is 22.7 Å². The molecule has 3 aromatic rings. The summed E-state index contributed by atoms with van der Waals surface area (Å²) in [6.07, 6.45) is 0. The van der Waals surface area contributed by atoms with Crippen LogP contribution in [0.25, 0.3) is 0 Å². The van der Waals surface area contributed by atoms with Gasteiger partial charge in [0.1, 0.15) is 5.75 Å². The summed E-state index contributed by atoms with van der Waals surface area (Å²) < 4.78 is 1.54. The van der Waals surface area contributed by atoms with Crippen LogP contribution < -0.4 is 5.32 Å². The molecule has 0 fully saturated rings. The molecule has 0 aliphatic rings. The monoisotopic (exact) mass is 504 g/mol. The number of phenolic OH excluding ortho intramolecular Hbond substituents is 1. The predicted octanol–water partition coefficient (Wildman–Crippen LogP) is 6.32. The summed E-state index contributed by atoms with van der Waals surface area (Å²) in [5.74, 6) is 0.221. The fourth-order valence-corrected chi connectivity index (χ4v) is 4.23. The van der Waals surface area contributed by atoms with Crippen LogP contribution in [-0.2, 0) is 13.1 Å². The Bertz CT molecular complexity index is 920. The molecule has 6 heteroatoms. The van der Waals surface area contributed by atoms with Gasteiger partial charge < -0.3 is 15.3 Å². The maximum absolute atomic E-state index is 10.5. The first-order chi connectivity index (χ1) is 13.0. The van der Waals surface area contributed by atoms with Crippen molar-refractivity contribution in [3.63, 3.8) is 0 Å². The molecular weight excluding hydrogens is 488 g/mol. The molecule has 0 aliphatic carbocycles. The largest absolute Gasteiger partial charge is 0.506 e. The summed E-state index contributed by atoms with van der Waals surface area (Å²) in [5, 5.41) is 14.3. The third kappa shape index (κ3) is 5.54. The minimum absolute atomic E-state index is 0.221. The van der Waals surface area contributed by atoms with E-state index in [9.17, 15) is 5.11 Å². The van der Waals surface area contributed by atoms with E-state index in [1.54, 1.807) is 0 Å². The molecule has 0 bridgehead atoms. The van der Waals surface area contributed by atoms with E-state index in [4.69, 9.17) is 12.2 Å². The van der Waals surface area contributed by atoms with Gasteiger partial charge in [-0.05, 0) is 58.0 Å². The number of hydrogen-bond acceptors (Lipinski definition) is 2. The molecule has 3 aromatic carbocycles. The lowest BCUT2D eigenvalue weighted by molar-refractivity contribution is 0.394. The van der Waals surface area contributed by atoms with Crippen LogP contribution in [0.1, 0.15) is 11.1 Å². The summed E-state index contributed by atoms with van der Waals surface area (Å²) in [5.41, 5.74) is 2.85. The van der Waals surface area contributed by atoms with Gasteiger partial charge in [0.05, 0.1) is 4.47 Å². The molecule has 3 rings (SSSR count). The fraction of sp³-hybridized carbons (Fsp3) is 0.0952. The molecule has 0 aliphatic heterocycles. The number of hydrogen-bond donors (Lipinski definition) is 2. The van der Waals surface area contributed by atoms with Crippen LogP contribution in [0, 0.1) is 0 Å². The normalized spacial score (nSPS) is 10.4. The number of anilines is 1. The number of para-hydroxylation sites is 1. The number of aromatic hydroxyl groups is 1. The summed E-state index contributed by atoms with van der Waals surface area (Å²) in [6, 6.07) is 23.7. The SMILES string of the molecule is Oc1c(Br)cc(Br)cc1CN(Cc1ccccc1)C(=S)Nc1ccccc1. The van der Waals surface area contributed by atoms with Crippen molar-refractivity contribution >= 4 is 54.9 Å². The summed E-state index contributed by atoms with van der Waals surface area (Å²) in [4.78, 5) is 2.03. The first-order valence-corrected chi connectivity index (χ1v) is 10.3. The first-order valence-electron chi connectivity index (χ1n) is 8.34. The predicted molar refractivity (Wildman–Crippen MR) is 122 cm³/mol. The van der Waals surface area contributed by atoms with Gasteiger partial charge >= 0.3 is 0 Å². The highest BCUT2D eigenvalue weighted by atomic mass is 79.9. The molecule has 3 nitrogen and oxygen atoms in total. The quantitative estimate of drug-likeness (QED) is 0.398. The van der Waals surface area contributed by atoms with Crippen molar-refractivity contribution in [2.24, 2.45) is 0 Å². The number of nitrogens with zero attached hydrogens (tertiary/aromatic N) is 1. The lowest BCUT2D eigenvalue weighted by atomic mass is 10.1.